The van der Waals surface area contributed by atoms with Crippen LogP contribution < -0.4 is 0 Å². The molecule has 3 nitrogen and oxygen atoms in total. The SMILES string of the molecule is Fc1ccc(C2=CCC(N3CCN(Cc4ccc5ccccc5n4)CC3)CC2)cc1. The fourth-order valence-electron chi connectivity index (χ4n) is 4.79. The van der Waals surface area contributed by atoms with Crippen LogP contribution in [0.5, 0.6) is 0 Å². The van der Waals surface area contributed by atoms with E-state index >= 15 is 0 Å². The van der Waals surface area contributed by atoms with E-state index < -0.39 is 0 Å². The van der Waals surface area contributed by atoms with E-state index in [0.717, 1.165) is 56.8 Å². The van der Waals surface area contributed by atoms with Gasteiger partial charge in [-0.3, -0.25) is 14.8 Å². The molecule has 0 saturated carbocycles. The second kappa shape index (κ2) is 8.66. The Kier molecular flexibility index (Phi) is 5.60. The van der Waals surface area contributed by atoms with E-state index in [9.17, 15) is 4.39 Å². The minimum absolute atomic E-state index is 0.162. The summed E-state index contributed by atoms with van der Waals surface area (Å²) in [5.41, 5.74) is 4.78. The molecule has 1 saturated heterocycles. The van der Waals surface area contributed by atoms with Gasteiger partial charge in [0.2, 0.25) is 0 Å². The maximum atomic E-state index is 13.2. The molecular weight excluding hydrogens is 373 g/mol. The van der Waals surface area contributed by atoms with Gasteiger partial charge >= 0.3 is 0 Å². The van der Waals surface area contributed by atoms with Crippen molar-refractivity contribution in [2.75, 3.05) is 26.2 Å². The van der Waals surface area contributed by atoms with Gasteiger partial charge in [-0.1, -0.05) is 42.5 Å². The van der Waals surface area contributed by atoms with E-state index in [1.54, 1.807) is 12.1 Å². The molecule has 0 radical (unpaired) electrons. The molecule has 1 aliphatic heterocycles. The Labute approximate surface area is 177 Å². The zero-order chi connectivity index (χ0) is 20.3. The van der Waals surface area contributed by atoms with E-state index in [0.29, 0.717) is 6.04 Å². The highest BCUT2D eigenvalue weighted by molar-refractivity contribution is 5.78. The summed E-state index contributed by atoms with van der Waals surface area (Å²) in [6.45, 7) is 5.37. The van der Waals surface area contributed by atoms with E-state index in [2.05, 4.69) is 52.3 Å². The average Bonchev–Trinajstić information content (AvgIpc) is 2.80. The van der Waals surface area contributed by atoms with Crippen LogP contribution in [0.4, 0.5) is 4.39 Å². The lowest BCUT2D eigenvalue weighted by molar-refractivity contribution is 0.0875. The average molecular weight is 402 g/mol. The fourth-order valence-corrected chi connectivity index (χ4v) is 4.79. The second-order valence-corrected chi connectivity index (χ2v) is 8.47. The molecule has 0 bridgehead atoms. The number of para-hydroxylation sites is 1. The first-order valence-electron chi connectivity index (χ1n) is 11.0. The molecule has 1 atom stereocenters. The zero-order valence-electron chi connectivity index (χ0n) is 17.3. The molecule has 1 unspecified atom stereocenters. The van der Waals surface area contributed by atoms with Crippen molar-refractivity contribution < 1.29 is 4.39 Å². The van der Waals surface area contributed by atoms with Gasteiger partial charge in [-0.2, -0.15) is 0 Å². The summed E-state index contributed by atoms with van der Waals surface area (Å²) in [5.74, 6) is -0.162. The number of aromatic nitrogens is 1. The summed E-state index contributed by atoms with van der Waals surface area (Å²) < 4.78 is 13.2. The van der Waals surface area contributed by atoms with E-state index in [1.807, 2.05) is 12.1 Å². The summed E-state index contributed by atoms with van der Waals surface area (Å²) in [6.07, 6.45) is 5.73. The van der Waals surface area contributed by atoms with Gasteiger partial charge in [0.05, 0.1) is 11.2 Å². The molecule has 2 aromatic carbocycles. The molecule has 2 heterocycles. The van der Waals surface area contributed by atoms with Gasteiger partial charge in [0, 0.05) is 44.2 Å². The van der Waals surface area contributed by atoms with Crippen molar-refractivity contribution in [2.24, 2.45) is 0 Å². The number of hydrogen-bond donors (Lipinski definition) is 0. The van der Waals surface area contributed by atoms with Gasteiger partial charge < -0.3 is 0 Å². The fraction of sp³-hybridized carbons (Fsp3) is 0.346. The standard InChI is InChI=1S/C26H28FN3/c27-23-10-5-20(6-11-23)21-8-13-25(14-9-21)30-17-15-29(16-18-30)19-24-12-7-22-3-1-2-4-26(22)28-24/h1-8,10-12,25H,9,13-19H2. The number of pyridine rings is 1. The molecule has 4 heteroatoms. The van der Waals surface area contributed by atoms with E-state index in [1.165, 1.54) is 22.9 Å². The lowest BCUT2D eigenvalue weighted by atomic mass is 9.89. The monoisotopic (exact) mass is 401 g/mol. The number of fused-ring (bicyclic) bond motifs is 1. The lowest BCUT2D eigenvalue weighted by Crippen LogP contribution is -2.50. The van der Waals surface area contributed by atoms with Crippen molar-refractivity contribution >= 4 is 16.5 Å². The van der Waals surface area contributed by atoms with Crippen LogP contribution in [0.1, 0.15) is 30.5 Å². The van der Waals surface area contributed by atoms with E-state index in [-0.39, 0.29) is 5.82 Å². The van der Waals surface area contributed by atoms with Crippen molar-refractivity contribution in [1.29, 1.82) is 0 Å². The van der Waals surface area contributed by atoms with Gasteiger partial charge in [-0.05, 0) is 54.7 Å². The topological polar surface area (TPSA) is 19.4 Å². The number of benzene rings is 2. The third-order valence-electron chi connectivity index (χ3n) is 6.56. The lowest BCUT2D eigenvalue weighted by Gasteiger charge is -2.40. The molecule has 30 heavy (non-hydrogen) atoms. The summed E-state index contributed by atoms with van der Waals surface area (Å²) >= 11 is 0. The first kappa shape index (κ1) is 19.4. The van der Waals surface area contributed by atoms with Crippen LogP contribution in [0.3, 0.4) is 0 Å². The highest BCUT2D eigenvalue weighted by atomic mass is 19.1. The Balaban J connectivity index is 1.15. The predicted molar refractivity (Wildman–Crippen MR) is 121 cm³/mol. The molecular formula is C26H28FN3. The highest BCUT2D eigenvalue weighted by Crippen LogP contribution is 2.30. The zero-order valence-corrected chi connectivity index (χ0v) is 17.3. The van der Waals surface area contributed by atoms with Crippen LogP contribution in [0.15, 0.2) is 66.7 Å². The van der Waals surface area contributed by atoms with Crippen molar-refractivity contribution in [1.82, 2.24) is 14.8 Å². The first-order chi connectivity index (χ1) is 14.7. The third kappa shape index (κ3) is 4.30. The molecule has 1 aliphatic carbocycles. The second-order valence-electron chi connectivity index (χ2n) is 8.47. The number of piperazine rings is 1. The van der Waals surface area contributed by atoms with Gasteiger partial charge in [-0.15, -0.1) is 0 Å². The number of hydrogen-bond acceptors (Lipinski definition) is 3. The molecule has 1 aromatic heterocycles. The number of nitrogens with zero attached hydrogens (tertiary/aromatic N) is 3. The Morgan fingerprint density at radius 3 is 2.47 bits per heavy atom. The molecule has 1 fully saturated rings. The maximum absolute atomic E-state index is 13.2. The van der Waals surface area contributed by atoms with Crippen molar-refractivity contribution in [2.45, 2.75) is 31.8 Å². The third-order valence-corrected chi connectivity index (χ3v) is 6.56. The smallest absolute Gasteiger partial charge is 0.123 e. The van der Waals surface area contributed by atoms with Crippen LogP contribution >= 0.6 is 0 Å². The molecule has 2 aliphatic rings. The van der Waals surface area contributed by atoms with Crippen LogP contribution in [-0.4, -0.2) is 47.0 Å². The van der Waals surface area contributed by atoms with Gasteiger partial charge in [0.25, 0.3) is 0 Å². The molecule has 3 aromatic rings. The summed E-state index contributed by atoms with van der Waals surface area (Å²) in [6, 6.07) is 20.2. The predicted octanol–water partition coefficient (Wildman–Crippen LogP) is 5.13. The Hall–Kier alpha value is -2.56. The summed E-state index contributed by atoms with van der Waals surface area (Å²) in [5, 5.41) is 1.21. The van der Waals surface area contributed by atoms with Gasteiger partial charge in [0.15, 0.2) is 0 Å². The van der Waals surface area contributed by atoms with Crippen molar-refractivity contribution in [3.05, 3.63) is 83.8 Å². The van der Waals surface area contributed by atoms with Crippen LogP contribution in [0.25, 0.3) is 16.5 Å². The van der Waals surface area contributed by atoms with Crippen molar-refractivity contribution in [3.8, 4) is 0 Å². The van der Waals surface area contributed by atoms with Gasteiger partial charge in [-0.25, -0.2) is 4.39 Å². The summed E-state index contributed by atoms with van der Waals surface area (Å²) in [4.78, 5) is 10.0. The number of halogens is 1. The Bertz CT molecular complexity index is 1040. The largest absolute Gasteiger partial charge is 0.298 e. The molecule has 154 valence electrons. The van der Waals surface area contributed by atoms with Crippen LogP contribution in [0, 0.1) is 5.82 Å². The van der Waals surface area contributed by atoms with E-state index in [4.69, 9.17) is 4.98 Å². The normalized spacial score (nSPS) is 21.0. The Morgan fingerprint density at radius 1 is 0.900 bits per heavy atom. The van der Waals surface area contributed by atoms with Gasteiger partial charge in [0.1, 0.15) is 5.82 Å². The maximum Gasteiger partial charge on any atom is 0.123 e. The highest BCUT2D eigenvalue weighted by Gasteiger charge is 2.25. The quantitative estimate of drug-likeness (QED) is 0.604. The summed E-state index contributed by atoms with van der Waals surface area (Å²) in [7, 11) is 0. The first-order valence-corrected chi connectivity index (χ1v) is 11.0. The Morgan fingerprint density at radius 2 is 1.70 bits per heavy atom. The molecule has 0 amide bonds. The molecule has 0 spiro atoms. The minimum Gasteiger partial charge on any atom is -0.298 e. The van der Waals surface area contributed by atoms with Crippen LogP contribution in [0.2, 0.25) is 0 Å². The van der Waals surface area contributed by atoms with Crippen LogP contribution in [-0.2, 0) is 6.54 Å². The number of allylic oxidation sites excluding steroid dienone is 1. The number of rotatable bonds is 4. The molecule has 5 rings (SSSR count). The van der Waals surface area contributed by atoms with Crippen molar-refractivity contribution in [3.63, 3.8) is 0 Å². The minimum atomic E-state index is -0.162. The molecule has 0 N–H and O–H groups in total.